The van der Waals surface area contributed by atoms with E-state index in [9.17, 15) is 0 Å². The molecule has 0 aliphatic carbocycles. The molecule has 1 aromatic carbocycles. The van der Waals surface area contributed by atoms with E-state index in [1.54, 1.807) is 0 Å². The third kappa shape index (κ3) is 3.54. The molecule has 0 atom stereocenters. The molecule has 0 unspecified atom stereocenters. The van der Waals surface area contributed by atoms with Crippen LogP contribution in [-0.4, -0.2) is 16.7 Å². The Labute approximate surface area is 108 Å². The lowest BCUT2D eigenvalue weighted by Crippen LogP contribution is -2.02. The van der Waals surface area contributed by atoms with Gasteiger partial charge in [-0.3, -0.25) is 0 Å². The molecular formula is C11H13BrN4O. The van der Waals surface area contributed by atoms with Crippen LogP contribution in [-0.2, 0) is 13.0 Å². The second-order valence-electron chi connectivity index (χ2n) is 3.52. The summed E-state index contributed by atoms with van der Waals surface area (Å²) < 4.78 is 6.40. The fourth-order valence-electron chi connectivity index (χ4n) is 1.37. The third-order valence-electron chi connectivity index (χ3n) is 2.16. The lowest BCUT2D eigenvalue weighted by atomic mass is 10.2. The number of nitrogens with two attached hydrogens (primary N) is 1. The van der Waals surface area contributed by atoms with Crippen molar-refractivity contribution in [1.29, 1.82) is 0 Å². The van der Waals surface area contributed by atoms with Crippen LogP contribution in [0, 0.1) is 0 Å². The summed E-state index contributed by atoms with van der Waals surface area (Å²) >= 11 is 3.42. The van der Waals surface area contributed by atoms with Gasteiger partial charge >= 0.3 is 6.01 Å². The van der Waals surface area contributed by atoms with Crippen LogP contribution in [0.15, 0.2) is 33.2 Å². The molecular weight excluding hydrogens is 284 g/mol. The Kier molecular flexibility index (Phi) is 4.11. The lowest BCUT2D eigenvalue weighted by molar-refractivity contribution is 0.505. The van der Waals surface area contributed by atoms with E-state index >= 15 is 0 Å². The van der Waals surface area contributed by atoms with Crippen LogP contribution in [0.5, 0.6) is 0 Å². The Morgan fingerprint density at radius 3 is 3.00 bits per heavy atom. The zero-order valence-corrected chi connectivity index (χ0v) is 10.8. The standard InChI is InChI=1S/C11H13BrN4O/c12-9-3-1-2-8(6-9)7-14-11-16-15-10(17-11)4-5-13/h1-3,6H,4-5,7,13H2,(H,14,16). The van der Waals surface area contributed by atoms with Crippen molar-refractivity contribution in [1.82, 2.24) is 10.2 Å². The second kappa shape index (κ2) is 5.79. The van der Waals surface area contributed by atoms with Crippen LogP contribution in [0.3, 0.4) is 0 Å². The summed E-state index contributed by atoms with van der Waals surface area (Å²) in [5.41, 5.74) is 6.54. The number of anilines is 1. The molecule has 3 N–H and O–H groups in total. The van der Waals surface area contributed by atoms with Crippen molar-refractivity contribution in [3.63, 3.8) is 0 Å². The van der Waals surface area contributed by atoms with Crippen LogP contribution < -0.4 is 11.1 Å². The van der Waals surface area contributed by atoms with Crippen molar-refractivity contribution >= 4 is 21.9 Å². The van der Waals surface area contributed by atoms with Crippen LogP contribution in [0.4, 0.5) is 6.01 Å². The number of hydrogen-bond donors (Lipinski definition) is 2. The van der Waals surface area contributed by atoms with Crippen molar-refractivity contribution in [3.8, 4) is 0 Å². The van der Waals surface area contributed by atoms with Crippen molar-refractivity contribution in [2.75, 3.05) is 11.9 Å². The largest absolute Gasteiger partial charge is 0.408 e. The first-order valence-electron chi connectivity index (χ1n) is 5.28. The number of benzene rings is 1. The molecule has 90 valence electrons. The molecule has 0 amide bonds. The highest BCUT2D eigenvalue weighted by Gasteiger charge is 2.04. The minimum atomic E-state index is 0.424. The van der Waals surface area contributed by atoms with Gasteiger partial charge in [0.15, 0.2) is 0 Å². The molecule has 0 saturated carbocycles. The minimum Gasteiger partial charge on any atom is -0.408 e. The van der Waals surface area contributed by atoms with Crippen molar-refractivity contribution in [2.45, 2.75) is 13.0 Å². The number of hydrogen-bond acceptors (Lipinski definition) is 5. The van der Waals surface area contributed by atoms with Crippen LogP contribution in [0.2, 0.25) is 0 Å². The Bertz CT molecular complexity index is 486. The minimum absolute atomic E-state index is 0.424. The zero-order chi connectivity index (χ0) is 12.1. The van der Waals surface area contributed by atoms with E-state index in [1.807, 2.05) is 24.3 Å². The summed E-state index contributed by atoms with van der Waals surface area (Å²) in [6, 6.07) is 8.44. The SMILES string of the molecule is NCCc1nnc(NCc2cccc(Br)c2)o1. The van der Waals surface area contributed by atoms with Crippen LogP contribution in [0.1, 0.15) is 11.5 Å². The highest BCUT2D eigenvalue weighted by Crippen LogP contribution is 2.13. The first kappa shape index (κ1) is 12.1. The fourth-order valence-corrected chi connectivity index (χ4v) is 1.82. The molecule has 0 bridgehead atoms. The molecule has 0 saturated heterocycles. The number of rotatable bonds is 5. The maximum Gasteiger partial charge on any atom is 0.315 e. The molecule has 6 heteroatoms. The monoisotopic (exact) mass is 296 g/mol. The van der Waals surface area contributed by atoms with Gasteiger partial charge in [0, 0.05) is 24.0 Å². The zero-order valence-electron chi connectivity index (χ0n) is 9.19. The van der Waals surface area contributed by atoms with E-state index in [2.05, 4.69) is 31.4 Å². The molecule has 0 aliphatic heterocycles. The van der Waals surface area contributed by atoms with Crippen LogP contribution >= 0.6 is 15.9 Å². The molecule has 0 spiro atoms. The van der Waals surface area contributed by atoms with E-state index in [1.165, 1.54) is 0 Å². The summed E-state index contributed by atoms with van der Waals surface area (Å²) in [7, 11) is 0. The molecule has 0 fully saturated rings. The van der Waals surface area contributed by atoms with Gasteiger partial charge in [0.25, 0.3) is 0 Å². The molecule has 0 aliphatic rings. The normalized spacial score (nSPS) is 10.5. The van der Waals surface area contributed by atoms with Crippen LogP contribution in [0.25, 0.3) is 0 Å². The summed E-state index contributed by atoms with van der Waals surface area (Å²) in [5, 5.41) is 10.8. The average Bonchev–Trinajstić information content (AvgIpc) is 2.75. The van der Waals surface area contributed by atoms with Crippen molar-refractivity contribution in [2.24, 2.45) is 5.73 Å². The Balaban J connectivity index is 1.93. The summed E-state index contributed by atoms with van der Waals surface area (Å²) in [5.74, 6) is 0.559. The van der Waals surface area contributed by atoms with E-state index in [4.69, 9.17) is 10.2 Å². The number of nitrogens with one attached hydrogen (secondary N) is 1. The molecule has 2 rings (SSSR count). The Hall–Kier alpha value is -1.40. The van der Waals surface area contributed by atoms with E-state index in [-0.39, 0.29) is 0 Å². The van der Waals surface area contributed by atoms with Crippen molar-refractivity contribution < 1.29 is 4.42 Å². The predicted molar refractivity (Wildman–Crippen MR) is 68.5 cm³/mol. The number of aromatic nitrogens is 2. The summed E-state index contributed by atoms with van der Waals surface area (Å²) in [6.45, 7) is 1.15. The predicted octanol–water partition coefficient (Wildman–Crippen LogP) is 1.95. The van der Waals surface area contributed by atoms with Gasteiger partial charge < -0.3 is 15.5 Å². The topological polar surface area (TPSA) is 77.0 Å². The maximum atomic E-state index is 5.40. The summed E-state index contributed by atoms with van der Waals surface area (Å²) in [6.07, 6.45) is 0.603. The second-order valence-corrected chi connectivity index (χ2v) is 4.44. The van der Waals surface area contributed by atoms with Gasteiger partial charge in [-0.05, 0) is 17.7 Å². The first-order chi connectivity index (χ1) is 8.28. The lowest BCUT2D eigenvalue weighted by Gasteiger charge is -2.01. The molecule has 5 nitrogen and oxygen atoms in total. The molecule has 2 aromatic rings. The first-order valence-corrected chi connectivity index (χ1v) is 6.08. The molecule has 0 radical (unpaired) electrons. The average molecular weight is 297 g/mol. The molecule has 17 heavy (non-hydrogen) atoms. The third-order valence-corrected chi connectivity index (χ3v) is 2.65. The van der Waals surface area contributed by atoms with Gasteiger partial charge in [-0.15, -0.1) is 5.10 Å². The van der Waals surface area contributed by atoms with Gasteiger partial charge in [-0.25, -0.2) is 0 Å². The number of nitrogens with zero attached hydrogens (tertiary/aromatic N) is 2. The van der Waals surface area contributed by atoms with Gasteiger partial charge in [-0.2, -0.15) is 0 Å². The quantitative estimate of drug-likeness (QED) is 0.882. The smallest absolute Gasteiger partial charge is 0.315 e. The molecule has 1 heterocycles. The van der Waals surface area contributed by atoms with Gasteiger partial charge in [0.1, 0.15) is 0 Å². The van der Waals surface area contributed by atoms with E-state index < -0.39 is 0 Å². The highest BCUT2D eigenvalue weighted by atomic mass is 79.9. The summed E-state index contributed by atoms with van der Waals surface area (Å²) in [4.78, 5) is 0. The van der Waals surface area contributed by atoms with Gasteiger partial charge in [0.2, 0.25) is 5.89 Å². The Morgan fingerprint density at radius 2 is 2.24 bits per heavy atom. The fraction of sp³-hybridized carbons (Fsp3) is 0.273. The number of halogens is 1. The maximum absolute atomic E-state index is 5.40. The van der Waals surface area contributed by atoms with Gasteiger partial charge in [-0.1, -0.05) is 33.2 Å². The van der Waals surface area contributed by atoms with Crippen molar-refractivity contribution in [3.05, 3.63) is 40.2 Å². The van der Waals surface area contributed by atoms with E-state index in [0.29, 0.717) is 31.4 Å². The van der Waals surface area contributed by atoms with Gasteiger partial charge in [0.05, 0.1) is 0 Å². The van der Waals surface area contributed by atoms with E-state index in [0.717, 1.165) is 10.0 Å². The molecule has 1 aromatic heterocycles. The highest BCUT2D eigenvalue weighted by molar-refractivity contribution is 9.10. The Morgan fingerprint density at radius 1 is 1.35 bits per heavy atom.